The predicted octanol–water partition coefficient (Wildman–Crippen LogP) is 4.07. The average molecular weight is 370 g/mol. The summed E-state index contributed by atoms with van der Waals surface area (Å²) in [6.45, 7) is 3.90. The predicted molar refractivity (Wildman–Crippen MR) is 107 cm³/mol. The van der Waals surface area contributed by atoms with Crippen LogP contribution in [-0.4, -0.2) is 16.8 Å². The van der Waals surface area contributed by atoms with E-state index >= 15 is 0 Å². The molecular weight excluding hydrogens is 352 g/mol. The van der Waals surface area contributed by atoms with Gasteiger partial charge in [-0.1, -0.05) is 18.2 Å². The Balaban J connectivity index is 1.75. The number of amides is 2. The third kappa shape index (κ3) is 4.22. The molecule has 2 amide bonds. The molecule has 0 radical (unpaired) electrons. The standard InChI is InChI=1S/C22H18N4O2/c1-14-5-3-6-18(15(14)2)26-22(28)20-8-4-7-19(25-20)21(27)24-17-11-9-16(13-23)10-12-17/h3-12H,1-2H3,(H,24,27)(H,26,28). The van der Waals surface area contributed by atoms with Gasteiger partial charge in [-0.25, -0.2) is 4.98 Å². The molecule has 0 bridgehead atoms. The van der Waals surface area contributed by atoms with Crippen molar-refractivity contribution in [2.24, 2.45) is 0 Å². The van der Waals surface area contributed by atoms with Crippen LogP contribution in [0.3, 0.4) is 0 Å². The number of aryl methyl sites for hydroxylation is 1. The largest absolute Gasteiger partial charge is 0.321 e. The van der Waals surface area contributed by atoms with Crippen LogP contribution in [0, 0.1) is 25.2 Å². The number of pyridine rings is 1. The SMILES string of the molecule is Cc1cccc(NC(=O)c2cccc(C(=O)Nc3ccc(C#N)cc3)n2)c1C. The lowest BCUT2D eigenvalue weighted by atomic mass is 10.1. The van der Waals surface area contributed by atoms with Gasteiger partial charge in [-0.2, -0.15) is 5.26 Å². The molecule has 6 nitrogen and oxygen atoms in total. The van der Waals surface area contributed by atoms with Gasteiger partial charge in [0, 0.05) is 11.4 Å². The minimum Gasteiger partial charge on any atom is -0.321 e. The van der Waals surface area contributed by atoms with E-state index in [1.54, 1.807) is 36.4 Å². The molecule has 138 valence electrons. The van der Waals surface area contributed by atoms with Crippen molar-refractivity contribution in [1.29, 1.82) is 5.26 Å². The average Bonchev–Trinajstić information content (AvgIpc) is 2.72. The first-order chi connectivity index (χ1) is 13.5. The molecule has 0 aliphatic carbocycles. The zero-order valence-corrected chi connectivity index (χ0v) is 15.5. The lowest BCUT2D eigenvalue weighted by Crippen LogP contribution is -2.19. The molecule has 0 spiro atoms. The number of carbonyl (C=O) groups excluding carboxylic acids is 2. The van der Waals surface area contributed by atoms with Crippen LogP contribution in [0.1, 0.15) is 37.7 Å². The van der Waals surface area contributed by atoms with Gasteiger partial charge in [-0.3, -0.25) is 9.59 Å². The van der Waals surface area contributed by atoms with E-state index in [0.717, 1.165) is 11.1 Å². The van der Waals surface area contributed by atoms with Crippen molar-refractivity contribution in [3.8, 4) is 6.07 Å². The van der Waals surface area contributed by atoms with E-state index in [2.05, 4.69) is 15.6 Å². The van der Waals surface area contributed by atoms with E-state index in [4.69, 9.17) is 5.26 Å². The van der Waals surface area contributed by atoms with E-state index in [9.17, 15) is 9.59 Å². The lowest BCUT2D eigenvalue weighted by molar-refractivity contribution is 0.101. The van der Waals surface area contributed by atoms with Gasteiger partial charge in [-0.15, -0.1) is 0 Å². The summed E-state index contributed by atoms with van der Waals surface area (Å²) >= 11 is 0. The summed E-state index contributed by atoms with van der Waals surface area (Å²) in [5.41, 5.74) is 4.06. The second kappa shape index (κ2) is 8.14. The number of nitrogens with one attached hydrogen (secondary N) is 2. The summed E-state index contributed by atoms with van der Waals surface area (Å²) in [7, 11) is 0. The number of rotatable bonds is 4. The summed E-state index contributed by atoms with van der Waals surface area (Å²) in [4.78, 5) is 29.1. The van der Waals surface area contributed by atoms with Gasteiger partial charge in [0.15, 0.2) is 0 Å². The Morgan fingerprint density at radius 1 is 0.857 bits per heavy atom. The molecule has 6 heteroatoms. The van der Waals surface area contributed by atoms with Crippen LogP contribution < -0.4 is 10.6 Å². The van der Waals surface area contributed by atoms with Crippen molar-refractivity contribution in [2.45, 2.75) is 13.8 Å². The van der Waals surface area contributed by atoms with Gasteiger partial charge in [0.05, 0.1) is 11.6 Å². The molecule has 1 aromatic heterocycles. The van der Waals surface area contributed by atoms with Gasteiger partial charge < -0.3 is 10.6 Å². The van der Waals surface area contributed by atoms with E-state index < -0.39 is 5.91 Å². The summed E-state index contributed by atoms with van der Waals surface area (Å²) in [6, 6.07) is 18.9. The number of hydrogen-bond acceptors (Lipinski definition) is 4. The Bertz CT molecular complexity index is 1080. The fourth-order valence-electron chi connectivity index (χ4n) is 2.58. The van der Waals surface area contributed by atoms with Crippen molar-refractivity contribution < 1.29 is 9.59 Å². The van der Waals surface area contributed by atoms with Crippen molar-refractivity contribution in [2.75, 3.05) is 10.6 Å². The van der Waals surface area contributed by atoms with Crippen molar-refractivity contribution in [1.82, 2.24) is 4.98 Å². The summed E-state index contributed by atoms with van der Waals surface area (Å²) in [5.74, 6) is -0.826. The van der Waals surface area contributed by atoms with Crippen molar-refractivity contribution in [3.63, 3.8) is 0 Å². The number of nitrogens with zero attached hydrogens (tertiary/aromatic N) is 2. The minimum absolute atomic E-state index is 0.123. The molecule has 3 rings (SSSR count). The van der Waals surface area contributed by atoms with Crippen molar-refractivity contribution in [3.05, 3.63) is 88.7 Å². The Morgan fingerprint density at radius 2 is 1.46 bits per heavy atom. The molecule has 1 heterocycles. The highest BCUT2D eigenvalue weighted by molar-refractivity contribution is 6.06. The first-order valence-corrected chi connectivity index (χ1v) is 8.64. The number of carbonyl (C=O) groups is 2. The van der Waals surface area contributed by atoms with Crippen LogP contribution in [-0.2, 0) is 0 Å². The quantitative estimate of drug-likeness (QED) is 0.723. The monoisotopic (exact) mass is 370 g/mol. The Labute approximate surface area is 162 Å². The topological polar surface area (TPSA) is 94.9 Å². The summed E-state index contributed by atoms with van der Waals surface area (Å²) in [6.07, 6.45) is 0. The number of anilines is 2. The molecular formula is C22H18N4O2. The zero-order chi connectivity index (χ0) is 20.1. The number of aromatic nitrogens is 1. The van der Waals surface area contributed by atoms with Gasteiger partial charge in [0.25, 0.3) is 11.8 Å². The molecule has 0 aliphatic rings. The van der Waals surface area contributed by atoms with E-state index in [-0.39, 0.29) is 17.3 Å². The molecule has 0 aliphatic heterocycles. The Morgan fingerprint density at radius 3 is 2.11 bits per heavy atom. The highest BCUT2D eigenvalue weighted by Gasteiger charge is 2.14. The molecule has 0 unspecified atom stereocenters. The van der Waals surface area contributed by atoms with Gasteiger partial charge >= 0.3 is 0 Å². The molecule has 0 fully saturated rings. The fourth-order valence-corrected chi connectivity index (χ4v) is 2.58. The third-order valence-electron chi connectivity index (χ3n) is 4.34. The number of hydrogen-bond donors (Lipinski definition) is 2. The smallest absolute Gasteiger partial charge is 0.274 e. The van der Waals surface area contributed by atoms with E-state index in [1.807, 2.05) is 38.1 Å². The van der Waals surface area contributed by atoms with Crippen molar-refractivity contribution >= 4 is 23.2 Å². The van der Waals surface area contributed by atoms with E-state index in [1.165, 1.54) is 6.07 Å². The van der Waals surface area contributed by atoms with Crippen LogP contribution in [0.4, 0.5) is 11.4 Å². The molecule has 3 aromatic rings. The first kappa shape index (κ1) is 18.8. The Kier molecular flexibility index (Phi) is 5.47. The molecule has 2 N–H and O–H groups in total. The van der Waals surface area contributed by atoms with Gasteiger partial charge in [-0.05, 0) is 67.4 Å². The van der Waals surface area contributed by atoms with Crippen LogP contribution in [0.25, 0.3) is 0 Å². The van der Waals surface area contributed by atoms with Crippen LogP contribution in [0.15, 0.2) is 60.7 Å². The minimum atomic E-state index is -0.439. The molecule has 28 heavy (non-hydrogen) atoms. The summed E-state index contributed by atoms with van der Waals surface area (Å²) < 4.78 is 0. The summed E-state index contributed by atoms with van der Waals surface area (Å²) in [5, 5.41) is 14.4. The normalized spacial score (nSPS) is 10.0. The highest BCUT2D eigenvalue weighted by atomic mass is 16.2. The zero-order valence-electron chi connectivity index (χ0n) is 15.5. The molecule has 0 saturated heterocycles. The van der Waals surface area contributed by atoms with Crippen LogP contribution >= 0.6 is 0 Å². The maximum absolute atomic E-state index is 12.5. The first-order valence-electron chi connectivity index (χ1n) is 8.64. The second-order valence-electron chi connectivity index (χ2n) is 6.25. The Hall–Kier alpha value is -3.98. The maximum Gasteiger partial charge on any atom is 0.274 e. The molecule has 0 saturated carbocycles. The third-order valence-corrected chi connectivity index (χ3v) is 4.34. The fraction of sp³-hybridized carbons (Fsp3) is 0.0909. The lowest BCUT2D eigenvalue weighted by Gasteiger charge is -2.10. The second-order valence-corrected chi connectivity index (χ2v) is 6.25. The number of nitriles is 1. The highest BCUT2D eigenvalue weighted by Crippen LogP contribution is 2.19. The van der Waals surface area contributed by atoms with Crippen LogP contribution in [0.2, 0.25) is 0 Å². The van der Waals surface area contributed by atoms with Gasteiger partial charge in [0.2, 0.25) is 0 Å². The molecule has 0 atom stereocenters. The maximum atomic E-state index is 12.5. The molecule has 2 aromatic carbocycles. The number of benzene rings is 2. The van der Waals surface area contributed by atoms with E-state index in [0.29, 0.717) is 16.9 Å². The van der Waals surface area contributed by atoms with Crippen LogP contribution in [0.5, 0.6) is 0 Å². The van der Waals surface area contributed by atoms with Gasteiger partial charge in [0.1, 0.15) is 11.4 Å².